The molecule has 0 aromatic carbocycles. The molecule has 1 amide bonds. The van der Waals surface area contributed by atoms with Gasteiger partial charge in [0.2, 0.25) is 0 Å². The van der Waals surface area contributed by atoms with Gasteiger partial charge < -0.3 is 5.32 Å². The number of aromatic nitrogens is 2. The van der Waals surface area contributed by atoms with Gasteiger partial charge in [-0.2, -0.15) is 5.10 Å². The maximum absolute atomic E-state index is 12.3. The number of aromatic amines is 1. The minimum absolute atomic E-state index is 0.0332. The number of nitrogens with zero attached hydrogens (tertiary/aromatic N) is 1. The minimum atomic E-state index is 0.0332. The smallest absolute Gasteiger partial charge is 0.272 e. The first-order valence-electron chi connectivity index (χ1n) is 8.17. The molecule has 3 aliphatic carbocycles. The SMILES string of the molecule is O=C(NC[C@H]1CC[C@@H]2CCC[C@@H]21)c1n[nH]c2c1CCC2. The molecule has 4 heteroatoms. The molecule has 0 spiro atoms. The van der Waals surface area contributed by atoms with Gasteiger partial charge >= 0.3 is 0 Å². The predicted molar refractivity (Wildman–Crippen MR) is 76.5 cm³/mol. The Balaban J connectivity index is 1.38. The van der Waals surface area contributed by atoms with Crippen molar-refractivity contribution in [2.75, 3.05) is 6.54 Å². The van der Waals surface area contributed by atoms with Crippen molar-refractivity contribution in [3.05, 3.63) is 17.0 Å². The summed E-state index contributed by atoms with van der Waals surface area (Å²) < 4.78 is 0. The average molecular weight is 273 g/mol. The summed E-state index contributed by atoms with van der Waals surface area (Å²) in [4.78, 5) is 12.3. The molecule has 1 aromatic heterocycles. The number of rotatable bonds is 3. The fourth-order valence-electron chi connectivity index (χ4n) is 4.75. The van der Waals surface area contributed by atoms with Crippen LogP contribution in [0.3, 0.4) is 0 Å². The van der Waals surface area contributed by atoms with E-state index in [0.29, 0.717) is 11.6 Å². The number of nitrogens with one attached hydrogen (secondary N) is 2. The summed E-state index contributed by atoms with van der Waals surface area (Å²) in [5.74, 6) is 2.57. The highest BCUT2D eigenvalue weighted by atomic mass is 16.1. The first kappa shape index (κ1) is 12.4. The molecule has 4 nitrogen and oxygen atoms in total. The van der Waals surface area contributed by atoms with Crippen molar-refractivity contribution in [2.24, 2.45) is 17.8 Å². The Bertz CT molecular complexity index is 522. The van der Waals surface area contributed by atoms with E-state index in [-0.39, 0.29) is 5.91 Å². The Hall–Kier alpha value is -1.32. The Kier molecular flexibility index (Phi) is 3.04. The zero-order chi connectivity index (χ0) is 13.5. The van der Waals surface area contributed by atoms with Crippen LogP contribution in [0, 0.1) is 17.8 Å². The van der Waals surface area contributed by atoms with Crippen molar-refractivity contribution in [3.8, 4) is 0 Å². The van der Waals surface area contributed by atoms with E-state index in [0.717, 1.165) is 43.2 Å². The van der Waals surface area contributed by atoms with Gasteiger partial charge in [0.15, 0.2) is 5.69 Å². The monoisotopic (exact) mass is 273 g/mol. The zero-order valence-electron chi connectivity index (χ0n) is 12.0. The van der Waals surface area contributed by atoms with Gasteiger partial charge in [0.05, 0.1) is 0 Å². The van der Waals surface area contributed by atoms with Crippen molar-refractivity contribution < 1.29 is 4.79 Å². The summed E-state index contributed by atoms with van der Waals surface area (Å²) >= 11 is 0. The molecule has 0 bridgehead atoms. The number of amides is 1. The van der Waals surface area contributed by atoms with Crippen LogP contribution in [0.15, 0.2) is 0 Å². The lowest BCUT2D eigenvalue weighted by atomic mass is 9.92. The van der Waals surface area contributed by atoms with E-state index in [1.165, 1.54) is 37.8 Å². The molecule has 3 atom stereocenters. The number of fused-ring (bicyclic) bond motifs is 2. The quantitative estimate of drug-likeness (QED) is 0.888. The molecule has 2 N–H and O–H groups in total. The van der Waals surface area contributed by atoms with Crippen LogP contribution in [0.2, 0.25) is 0 Å². The third kappa shape index (κ3) is 1.97. The number of H-pyrrole nitrogens is 1. The van der Waals surface area contributed by atoms with Gasteiger partial charge in [0, 0.05) is 17.8 Å². The number of carbonyl (C=O) groups excluding carboxylic acids is 1. The molecule has 0 aliphatic heterocycles. The number of carbonyl (C=O) groups is 1. The molecule has 0 unspecified atom stereocenters. The highest BCUT2D eigenvalue weighted by molar-refractivity contribution is 5.94. The lowest BCUT2D eigenvalue weighted by Gasteiger charge is -2.18. The maximum atomic E-state index is 12.3. The highest BCUT2D eigenvalue weighted by Gasteiger charge is 2.39. The molecule has 0 radical (unpaired) electrons. The van der Waals surface area contributed by atoms with Crippen LogP contribution >= 0.6 is 0 Å². The molecule has 4 rings (SSSR count). The third-order valence-corrected chi connectivity index (χ3v) is 5.78. The van der Waals surface area contributed by atoms with Crippen LogP contribution in [0.25, 0.3) is 0 Å². The van der Waals surface area contributed by atoms with E-state index in [2.05, 4.69) is 15.5 Å². The Morgan fingerprint density at radius 3 is 3.10 bits per heavy atom. The topological polar surface area (TPSA) is 57.8 Å². The lowest BCUT2D eigenvalue weighted by molar-refractivity contribution is 0.0937. The molecule has 2 fully saturated rings. The van der Waals surface area contributed by atoms with E-state index < -0.39 is 0 Å². The Morgan fingerprint density at radius 1 is 1.20 bits per heavy atom. The largest absolute Gasteiger partial charge is 0.350 e. The van der Waals surface area contributed by atoms with E-state index in [4.69, 9.17) is 0 Å². The summed E-state index contributed by atoms with van der Waals surface area (Å²) in [5.41, 5.74) is 2.98. The minimum Gasteiger partial charge on any atom is -0.350 e. The highest BCUT2D eigenvalue weighted by Crippen LogP contribution is 2.47. The standard InChI is InChI=1S/C16H23N3O/c20-16(15-13-5-2-6-14(13)18-19-15)17-9-11-8-7-10-3-1-4-12(10)11/h10-12H,1-9H2,(H,17,20)(H,18,19)/t10-,11+,12-/m0/s1. The van der Waals surface area contributed by atoms with Crippen LogP contribution in [-0.2, 0) is 12.8 Å². The molecule has 2 saturated carbocycles. The molecular weight excluding hydrogens is 250 g/mol. The molecule has 1 aromatic rings. The van der Waals surface area contributed by atoms with E-state index in [1.54, 1.807) is 0 Å². The van der Waals surface area contributed by atoms with Gasteiger partial charge in [-0.15, -0.1) is 0 Å². The summed E-state index contributed by atoms with van der Waals surface area (Å²) in [6, 6.07) is 0. The van der Waals surface area contributed by atoms with E-state index >= 15 is 0 Å². The second kappa shape index (κ2) is 4.90. The van der Waals surface area contributed by atoms with Crippen molar-refractivity contribution in [3.63, 3.8) is 0 Å². The summed E-state index contributed by atoms with van der Waals surface area (Å²) in [7, 11) is 0. The van der Waals surface area contributed by atoms with E-state index in [9.17, 15) is 4.79 Å². The average Bonchev–Trinajstić information content (AvgIpc) is 3.16. The van der Waals surface area contributed by atoms with Crippen LogP contribution < -0.4 is 5.32 Å². The first-order chi connectivity index (χ1) is 9.83. The van der Waals surface area contributed by atoms with Gasteiger partial charge in [-0.3, -0.25) is 9.89 Å². The predicted octanol–water partition coefficient (Wildman–Crippen LogP) is 2.45. The number of hydrogen-bond donors (Lipinski definition) is 2. The molecule has 0 saturated heterocycles. The normalized spacial score (nSPS) is 31.3. The Labute approximate surface area is 119 Å². The molecule has 108 valence electrons. The van der Waals surface area contributed by atoms with Crippen LogP contribution in [0.4, 0.5) is 0 Å². The van der Waals surface area contributed by atoms with Gasteiger partial charge in [0.1, 0.15) is 0 Å². The van der Waals surface area contributed by atoms with Crippen LogP contribution in [0.5, 0.6) is 0 Å². The number of hydrogen-bond acceptors (Lipinski definition) is 2. The molecule has 20 heavy (non-hydrogen) atoms. The van der Waals surface area contributed by atoms with Crippen LogP contribution in [0.1, 0.15) is 60.3 Å². The van der Waals surface area contributed by atoms with Crippen molar-refractivity contribution in [1.82, 2.24) is 15.5 Å². The third-order valence-electron chi connectivity index (χ3n) is 5.78. The zero-order valence-corrected chi connectivity index (χ0v) is 12.0. The van der Waals surface area contributed by atoms with E-state index in [1.807, 2.05) is 0 Å². The summed E-state index contributed by atoms with van der Waals surface area (Å²) in [6.45, 7) is 0.849. The maximum Gasteiger partial charge on any atom is 0.272 e. The fourth-order valence-corrected chi connectivity index (χ4v) is 4.75. The first-order valence-corrected chi connectivity index (χ1v) is 8.17. The van der Waals surface area contributed by atoms with Gasteiger partial charge in [-0.05, 0) is 56.3 Å². The second-order valence-electron chi connectivity index (χ2n) is 6.79. The molecular formula is C16H23N3O. The van der Waals surface area contributed by atoms with Gasteiger partial charge in [-0.25, -0.2) is 0 Å². The molecule has 3 aliphatic rings. The van der Waals surface area contributed by atoms with Gasteiger partial charge in [-0.1, -0.05) is 12.8 Å². The van der Waals surface area contributed by atoms with Gasteiger partial charge in [0.25, 0.3) is 5.91 Å². The lowest BCUT2D eigenvalue weighted by Crippen LogP contribution is -2.31. The number of aryl methyl sites for hydroxylation is 1. The second-order valence-corrected chi connectivity index (χ2v) is 6.79. The van der Waals surface area contributed by atoms with Crippen LogP contribution in [-0.4, -0.2) is 22.6 Å². The van der Waals surface area contributed by atoms with Crippen molar-refractivity contribution >= 4 is 5.91 Å². The fraction of sp³-hybridized carbons (Fsp3) is 0.750. The molecule has 1 heterocycles. The van der Waals surface area contributed by atoms with Crippen molar-refractivity contribution in [1.29, 1.82) is 0 Å². The van der Waals surface area contributed by atoms with Crippen molar-refractivity contribution in [2.45, 2.75) is 51.4 Å². The summed E-state index contributed by atoms with van der Waals surface area (Å²) in [6.07, 6.45) is 10.1. The Morgan fingerprint density at radius 2 is 2.15 bits per heavy atom. The summed E-state index contributed by atoms with van der Waals surface area (Å²) in [5, 5.41) is 10.4.